The van der Waals surface area contributed by atoms with E-state index in [9.17, 15) is 9.50 Å². The molecule has 1 nitrogen and oxygen atoms in total. The first-order chi connectivity index (χ1) is 9.11. The molecule has 0 fully saturated rings. The van der Waals surface area contributed by atoms with Crippen LogP contribution in [0.3, 0.4) is 0 Å². The fraction of sp³-hybridized carbons (Fsp3) is 0.200. The van der Waals surface area contributed by atoms with Gasteiger partial charge in [-0.3, -0.25) is 0 Å². The summed E-state index contributed by atoms with van der Waals surface area (Å²) in [7, 11) is 0. The van der Waals surface area contributed by atoms with Gasteiger partial charge in [0, 0.05) is 5.92 Å². The fourth-order valence-corrected chi connectivity index (χ4v) is 2.35. The summed E-state index contributed by atoms with van der Waals surface area (Å²) >= 11 is 11.8. The highest BCUT2D eigenvalue weighted by molar-refractivity contribution is 6.42. The molecule has 1 N–H and O–H groups in total. The molecule has 0 saturated carbocycles. The third kappa shape index (κ3) is 3.47. The van der Waals surface area contributed by atoms with Crippen LogP contribution in [-0.2, 0) is 6.42 Å². The molecule has 0 spiro atoms. The highest BCUT2D eigenvalue weighted by Gasteiger charge is 2.15. The lowest BCUT2D eigenvalue weighted by atomic mass is 9.92. The van der Waals surface area contributed by atoms with Crippen LogP contribution >= 0.6 is 23.2 Å². The Morgan fingerprint density at radius 2 is 1.79 bits per heavy atom. The molecule has 100 valence electrons. The molecule has 2 rings (SSSR count). The first kappa shape index (κ1) is 14.3. The smallest absolute Gasteiger partial charge is 0.126 e. The van der Waals surface area contributed by atoms with E-state index in [1.807, 2.05) is 6.07 Å². The van der Waals surface area contributed by atoms with Crippen molar-refractivity contribution in [3.05, 3.63) is 69.5 Å². The van der Waals surface area contributed by atoms with Crippen molar-refractivity contribution in [1.82, 2.24) is 0 Å². The monoisotopic (exact) mass is 298 g/mol. The SMILES string of the molecule is OCC(Cc1ccc(Cl)c(Cl)c1)c1ccccc1F. The van der Waals surface area contributed by atoms with Gasteiger partial charge in [-0.05, 0) is 35.7 Å². The van der Waals surface area contributed by atoms with E-state index in [0.29, 0.717) is 22.0 Å². The summed E-state index contributed by atoms with van der Waals surface area (Å²) in [6, 6.07) is 11.8. The summed E-state index contributed by atoms with van der Waals surface area (Å²) in [4.78, 5) is 0. The van der Waals surface area contributed by atoms with Crippen LogP contribution in [0.1, 0.15) is 17.0 Å². The van der Waals surface area contributed by atoms with Crippen LogP contribution in [0, 0.1) is 5.82 Å². The maximum Gasteiger partial charge on any atom is 0.126 e. The van der Waals surface area contributed by atoms with Crippen molar-refractivity contribution >= 4 is 23.2 Å². The van der Waals surface area contributed by atoms with Crippen molar-refractivity contribution < 1.29 is 9.50 Å². The minimum atomic E-state index is -0.304. The average Bonchev–Trinajstić information content (AvgIpc) is 2.41. The first-order valence-corrected chi connectivity index (χ1v) is 6.66. The Bertz CT molecular complexity index is 572. The number of halogens is 3. The molecular formula is C15H13Cl2FO. The highest BCUT2D eigenvalue weighted by atomic mass is 35.5. The first-order valence-electron chi connectivity index (χ1n) is 5.91. The summed E-state index contributed by atoms with van der Waals surface area (Å²) < 4.78 is 13.7. The molecule has 0 radical (unpaired) electrons. The van der Waals surface area contributed by atoms with Gasteiger partial charge < -0.3 is 5.11 Å². The van der Waals surface area contributed by atoms with Gasteiger partial charge in [0.25, 0.3) is 0 Å². The van der Waals surface area contributed by atoms with Crippen LogP contribution < -0.4 is 0 Å². The van der Waals surface area contributed by atoms with Gasteiger partial charge >= 0.3 is 0 Å². The molecular weight excluding hydrogens is 286 g/mol. The number of benzene rings is 2. The minimum absolute atomic E-state index is 0.124. The van der Waals surface area contributed by atoms with E-state index in [0.717, 1.165) is 5.56 Å². The number of hydrogen-bond acceptors (Lipinski definition) is 1. The van der Waals surface area contributed by atoms with E-state index >= 15 is 0 Å². The lowest BCUT2D eigenvalue weighted by molar-refractivity contribution is 0.261. The maximum atomic E-state index is 13.7. The molecule has 0 aliphatic carbocycles. The second-order valence-corrected chi connectivity index (χ2v) is 5.17. The second-order valence-electron chi connectivity index (χ2n) is 4.35. The molecule has 2 aromatic rings. The molecule has 1 unspecified atom stereocenters. The summed E-state index contributed by atoms with van der Waals surface area (Å²) in [5.41, 5.74) is 1.42. The van der Waals surface area contributed by atoms with Crippen LogP contribution in [-0.4, -0.2) is 11.7 Å². The quantitative estimate of drug-likeness (QED) is 0.884. The number of aliphatic hydroxyl groups is 1. The topological polar surface area (TPSA) is 20.2 Å². The van der Waals surface area contributed by atoms with E-state index in [1.54, 1.807) is 30.3 Å². The lowest BCUT2D eigenvalue weighted by Crippen LogP contribution is -2.09. The molecule has 4 heteroatoms. The average molecular weight is 299 g/mol. The lowest BCUT2D eigenvalue weighted by Gasteiger charge is -2.15. The normalized spacial score (nSPS) is 12.4. The second kappa shape index (κ2) is 6.38. The summed E-state index contributed by atoms with van der Waals surface area (Å²) in [6.45, 7) is -0.124. The van der Waals surface area contributed by atoms with Crippen LogP contribution in [0.25, 0.3) is 0 Å². The van der Waals surface area contributed by atoms with Gasteiger partial charge in [0.2, 0.25) is 0 Å². The largest absolute Gasteiger partial charge is 0.396 e. The van der Waals surface area contributed by atoms with Crippen molar-refractivity contribution in [3.63, 3.8) is 0 Å². The molecule has 19 heavy (non-hydrogen) atoms. The molecule has 0 aliphatic heterocycles. The summed E-state index contributed by atoms with van der Waals surface area (Å²) in [6.07, 6.45) is 0.508. The van der Waals surface area contributed by atoms with Gasteiger partial charge in [-0.1, -0.05) is 47.5 Å². The molecule has 1 atom stereocenters. The Balaban J connectivity index is 2.24. The van der Waals surface area contributed by atoms with E-state index in [4.69, 9.17) is 23.2 Å². The number of aliphatic hydroxyl groups excluding tert-OH is 1. The molecule has 0 aromatic heterocycles. The molecule has 2 aromatic carbocycles. The molecule has 0 amide bonds. The minimum Gasteiger partial charge on any atom is -0.396 e. The summed E-state index contributed by atoms with van der Waals surface area (Å²) in [5.74, 6) is -0.597. The third-order valence-corrected chi connectivity index (χ3v) is 3.77. The van der Waals surface area contributed by atoms with Crippen molar-refractivity contribution in [2.45, 2.75) is 12.3 Å². The zero-order valence-corrected chi connectivity index (χ0v) is 11.6. The van der Waals surface area contributed by atoms with Crippen LogP contribution in [0.4, 0.5) is 4.39 Å². The number of hydrogen-bond donors (Lipinski definition) is 1. The summed E-state index contributed by atoms with van der Waals surface area (Å²) in [5, 5.41) is 10.4. The maximum absolute atomic E-state index is 13.7. The Kier molecular flexibility index (Phi) is 4.81. The Hall–Kier alpha value is -1.09. The van der Waals surface area contributed by atoms with Gasteiger partial charge in [0.05, 0.1) is 16.7 Å². The molecule has 0 aliphatic rings. The van der Waals surface area contributed by atoms with Gasteiger partial charge in [0.15, 0.2) is 0 Å². The predicted molar refractivity (Wildman–Crippen MR) is 76.4 cm³/mol. The number of rotatable bonds is 4. The van der Waals surface area contributed by atoms with Crippen molar-refractivity contribution in [3.8, 4) is 0 Å². The van der Waals surface area contributed by atoms with Gasteiger partial charge in [-0.2, -0.15) is 0 Å². The van der Waals surface area contributed by atoms with Crippen LogP contribution in [0.2, 0.25) is 10.0 Å². The Morgan fingerprint density at radius 1 is 1.05 bits per heavy atom. The Labute approximate surface area is 121 Å². The van der Waals surface area contributed by atoms with E-state index in [-0.39, 0.29) is 18.3 Å². The Morgan fingerprint density at radius 3 is 2.42 bits per heavy atom. The standard InChI is InChI=1S/C15H13Cl2FO/c16-13-6-5-10(8-14(13)17)7-11(9-19)12-3-1-2-4-15(12)18/h1-6,8,11,19H,7,9H2. The van der Waals surface area contributed by atoms with Crippen molar-refractivity contribution in [2.24, 2.45) is 0 Å². The molecule has 0 heterocycles. The van der Waals surface area contributed by atoms with E-state index in [2.05, 4.69) is 0 Å². The van der Waals surface area contributed by atoms with Crippen molar-refractivity contribution in [2.75, 3.05) is 6.61 Å². The zero-order valence-electron chi connectivity index (χ0n) is 10.1. The van der Waals surface area contributed by atoms with Crippen LogP contribution in [0.15, 0.2) is 42.5 Å². The van der Waals surface area contributed by atoms with E-state index in [1.165, 1.54) is 6.07 Å². The van der Waals surface area contributed by atoms with Gasteiger partial charge in [-0.15, -0.1) is 0 Å². The molecule has 0 saturated heterocycles. The zero-order chi connectivity index (χ0) is 13.8. The third-order valence-electron chi connectivity index (χ3n) is 3.03. The van der Waals surface area contributed by atoms with Gasteiger partial charge in [-0.25, -0.2) is 4.39 Å². The molecule has 0 bridgehead atoms. The predicted octanol–water partition coefficient (Wildman–Crippen LogP) is 4.45. The van der Waals surface area contributed by atoms with Gasteiger partial charge in [0.1, 0.15) is 5.82 Å². The fourth-order valence-electron chi connectivity index (χ4n) is 2.03. The highest BCUT2D eigenvalue weighted by Crippen LogP contribution is 2.27. The van der Waals surface area contributed by atoms with Crippen LogP contribution in [0.5, 0.6) is 0 Å². The van der Waals surface area contributed by atoms with E-state index < -0.39 is 0 Å². The van der Waals surface area contributed by atoms with Crippen molar-refractivity contribution in [1.29, 1.82) is 0 Å².